The van der Waals surface area contributed by atoms with Crippen LogP contribution in [0.15, 0.2) is 59.5 Å². The molecule has 142 valence electrons. The van der Waals surface area contributed by atoms with Crippen molar-refractivity contribution in [1.29, 1.82) is 0 Å². The number of nitrogens with zero attached hydrogens (tertiary/aromatic N) is 1. The van der Waals surface area contributed by atoms with Gasteiger partial charge in [0.2, 0.25) is 5.91 Å². The van der Waals surface area contributed by atoms with Crippen molar-refractivity contribution < 1.29 is 22.4 Å². The summed E-state index contributed by atoms with van der Waals surface area (Å²) in [5, 5.41) is 0. The molecule has 1 aliphatic rings. The number of hydrogen-bond acceptors (Lipinski definition) is 4. The Morgan fingerprint density at radius 2 is 1.85 bits per heavy atom. The van der Waals surface area contributed by atoms with Gasteiger partial charge in [0.15, 0.2) is 0 Å². The normalized spacial score (nSPS) is 19.3. The Hall–Kier alpha value is -2.74. The number of benzene rings is 2. The van der Waals surface area contributed by atoms with Crippen molar-refractivity contribution in [3.05, 3.63) is 66.0 Å². The Morgan fingerprint density at radius 1 is 1.15 bits per heavy atom. The van der Waals surface area contributed by atoms with Gasteiger partial charge in [-0.05, 0) is 37.1 Å². The van der Waals surface area contributed by atoms with Gasteiger partial charge >= 0.3 is 0 Å². The maximum Gasteiger partial charge on any atom is 0.264 e. The molecule has 0 spiro atoms. The van der Waals surface area contributed by atoms with Gasteiger partial charge in [0.25, 0.3) is 15.9 Å². The number of likely N-dealkylation sites (tertiary alicyclic amines) is 1. The third-order valence-corrected chi connectivity index (χ3v) is 6.07. The fourth-order valence-electron chi connectivity index (χ4n) is 2.99. The fraction of sp³-hybridized carbons (Fsp3) is 0.263. The molecule has 2 amide bonds. The summed E-state index contributed by atoms with van der Waals surface area (Å²) in [6, 6.07) is 13.5. The molecule has 1 N–H and O–H groups in total. The van der Waals surface area contributed by atoms with E-state index >= 15 is 0 Å². The van der Waals surface area contributed by atoms with E-state index in [0.717, 1.165) is 17.7 Å². The number of carbonyl (C=O) groups excluding carboxylic acids is 2. The fourth-order valence-corrected chi connectivity index (χ4v) is 4.09. The zero-order chi connectivity index (χ0) is 19.7. The predicted molar refractivity (Wildman–Crippen MR) is 96.6 cm³/mol. The van der Waals surface area contributed by atoms with Crippen molar-refractivity contribution in [2.45, 2.75) is 30.2 Å². The van der Waals surface area contributed by atoms with Crippen LogP contribution >= 0.6 is 0 Å². The molecule has 0 bridgehead atoms. The van der Waals surface area contributed by atoms with Crippen molar-refractivity contribution in [2.75, 3.05) is 6.54 Å². The minimum atomic E-state index is -4.23. The minimum absolute atomic E-state index is 0.125. The molecule has 8 heteroatoms. The van der Waals surface area contributed by atoms with Gasteiger partial charge in [-0.2, -0.15) is 0 Å². The number of sulfonamides is 1. The van der Waals surface area contributed by atoms with Gasteiger partial charge in [0.1, 0.15) is 11.4 Å². The lowest BCUT2D eigenvalue weighted by molar-refractivity contribution is -0.156. The molecule has 0 saturated carbocycles. The lowest BCUT2D eigenvalue weighted by Gasteiger charge is -2.49. The van der Waals surface area contributed by atoms with Crippen LogP contribution < -0.4 is 4.72 Å². The third-order valence-electron chi connectivity index (χ3n) is 4.74. The molecule has 0 aromatic heterocycles. The molecule has 1 unspecified atom stereocenters. The average Bonchev–Trinajstić information content (AvgIpc) is 2.60. The highest BCUT2D eigenvalue weighted by molar-refractivity contribution is 7.90. The monoisotopic (exact) mass is 390 g/mol. The van der Waals surface area contributed by atoms with E-state index in [-0.39, 0.29) is 17.2 Å². The van der Waals surface area contributed by atoms with Crippen LogP contribution in [0.2, 0.25) is 0 Å². The molecular weight excluding hydrogens is 371 g/mol. The third kappa shape index (κ3) is 3.85. The SMILES string of the molecule is CC1(C(=O)NS(=O)(=O)c2cccc(F)c2)CCN1C(=O)Cc1ccccc1. The molecule has 2 aromatic rings. The summed E-state index contributed by atoms with van der Waals surface area (Å²) < 4.78 is 39.9. The summed E-state index contributed by atoms with van der Waals surface area (Å²) in [4.78, 5) is 26.2. The molecule has 1 aliphatic heterocycles. The Labute approximate surface area is 157 Å². The Morgan fingerprint density at radius 3 is 2.44 bits per heavy atom. The zero-order valence-electron chi connectivity index (χ0n) is 14.7. The summed E-state index contributed by atoms with van der Waals surface area (Å²) in [5.74, 6) is -1.78. The minimum Gasteiger partial charge on any atom is -0.328 e. The van der Waals surface area contributed by atoms with Crippen LogP contribution in [-0.2, 0) is 26.0 Å². The van der Waals surface area contributed by atoms with E-state index in [0.29, 0.717) is 13.0 Å². The summed E-state index contributed by atoms with van der Waals surface area (Å²) in [7, 11) is -4.23. The Balaban J connectivity index is 1.73. The number of carbonyl (C=O) groups is 2. The van der Waals surface area contributed by atoms with E-state index in [1.807, 2.05) is 35.1 Å². The number of halogens is 1. The van der Waals surface area contributed by atoms with Gasteiger partial charge < -0.3 is 4.90 Å². The van der Waals surface area contributed by atoms with Gasteiger partial charge in [-0.25, -0.2) is 17.5 Å². The van der Waals surface area contributed by atoms with Crippen LogP contribution in [0.25, 0.3) is 0 Å². The number of amides is 2. The van der Waals surface area contributed by atoms with Gasteiger partial charge in [-0.15, -0.1) is 0 Å². The molecule has 6 nitrogen and oxygen atoms in total. The Kier molecular flexibility index (Phi) is 5.01. The van der Waals surface area contributed by atoms with Crippen molar-refractivity contribution in [3.8, 4) is 0 Å². The average molecular weight is 390 g/mol. The lowest BCUT2D eigenvalue weighted by atomic mass is 9.85. The zero-order valence-corrected chi connectivity index (χ0v) is 15.5. The Bertz CT molecular complexity index is 978. The molecule has 1 heterocycles. The van der Waals surface area contributed by atoms with Crippen LogP contribution in [0.3, 0.4) is 0 Å². The van der Waals surface area contributed by atoms with E-state index in [2.05, 4.69) is 0 Å². The van der Waals surface area contributed by atoms with Crippen LogP contribution in [0.1, 0.15) is 18.9 Å². The van der Waals surface area contributed by atoms with E-state index < -0.39 is 27.3 Å². The summed E-state index contributed by atoms with van der Waals surface area (Å²) in [5.41, 5.74) is -0.448. The van der Waals surface area contributed by atoms with Gasteiger partial charge in [0.05, 0.1) is 11.3 Å². The number of nitrogens with one attached hydrogen (secondary N) is 1. The smallest absolute Gasteiger partial charge is 0.264 e. The van der Waals surface area contributed by atoms with Crippen LogP contribution in [0, 0.1) is 5.82 Å². The maximum atomic E-state index is 13.3. The molecule has 1 atom stereocenters. The molecule has 2 aromatic carbocycles. The molecular formula is C19H19FN2O4S. The quantitative estimate of drug-likeness (QED) is 0.845. The highest BCUT2D eigenvalue weighted by Gasteiger charge is 2.50. The van der Waals surface area contributed by atoms with Crippen molar-refractivity contribution in [3.63, 3.8) is 0 Å². The molecule has 0 aliphatic carbocycles. The topological polar surface area (TPSA) is 83.6 Å². The summed E-state index contributed by atoms with van der Waals surface area (Å²) in [6.07, 6.45) is 0.471. The molecule has 1 saturated heterocycles. The molecule has 27 heavy (non-hydrogen) atoms. The molecule has 1 fully saturated rings. The summed E-state index contributed by atoms with van der Waals surface area (Å²) >= 11 is 0. The standard InChI is InChI=1S/C19H19FN2O4S/c1-19(10-11-22(19)17(23)12-14-6-3-2-4-7-14)18(24)21-27(25,26)16-9-5-8-15(20)13-16/h2-9,13H,10-12H2,1H3,(H,21,24). The predicted octanol–water partition coefficient (Wildman–Crippen LogP) is 1.86. The summed E-state index contributed by atoms with van der Waals surface area (Å²) in [6.45, 7) is 1.89. The van der Waals surface area contributed by atoms with E-state index in [9.17, 15) is 22.4 Å². The van der Waals surface area contributed by atoms with Crippen molar-refractivity contribution >= 4 is 21.8 Å². The number of rotatable bonds is 5. The first-order valence-electron chi connectivity index (χ1n) is 8.39. The molecule has 0 radical (unpaired) electrons. The van der Waals surface area contributed by atoms with Gasteiger partial charge in [-0.1, -0.05) is 36.4 Å². The molecule has 3 rings (SSSR count). The first kappa shape index (κ1) is 19.0. The van der Waals surface area contributed by atoms with Gasteiger partial charge in [-0.3, -0.25) is 9.59 Å². The van der Waals surface area contributed by atoms with Crippen molar-refractivity contribution in [1.82, 2.24) is 9.62 Å². The second kappa shape index (κ2) is 7.11. The second-order valence-electron chi connectivity index (χ2n) is 6.62. The second-order valence-corrected chi connectivity index (χ2v) is 8.31. The number of hydrogen-bond donors (Lipinski definition) is 1. The highest BCUT2D eigenvalue weighted by atomic mass is 32.2. The van der Waals surface area contributed by atoms with Gasteiger partial charge in [0, 0.05) is 6.54 Å². The van der Waals surface area contributed by atoms with E-state index in [4.69, 9.17) is 0 Å². The van der Waals surface area contributed by atoms with Crippen LogP contribution in [-0.4, -0.2) is 37.2 Å². The highest BCUT2D eigenvalue weighted by Crippen LogP contribution is 2.31. The van der Waals surface area contributed by atoms with E-state index in [1.165, 1.54) is 24.0 Å². The van der Waals surface area contributed by atoms with Crippen LogP contribution in [0.4, 0.5) is 4.39 Å². The maximum absolute atomic E-state index is 13.3. The largest absolute Gasteiger partial charge is 0.328 e. The van der Waals surface area contributed by atoms with E-state index in [1.54, 1.807) is 0 Å². The lowest BCUT2D eigenvalue weighted by Crippen LogP contribution is -2.68. The van der Waals surface area contributed by atoms with Crippen molar-refractivity contribution in [2.24, 2.45) is 0 Å². The first-order valence-corrected chi connectivity index (χ1v) is 9.88. The van der Waals surface area contributed by atoms with Crippen LogP contribution in [0.5, 0.6) is 0 Å². The first-order chi connectivity index (χ1) is 12.7.